The maximum absolute atomic E-state index is 12.9. The molecule has 3 aliphatic rings. The number of ketones is 1. The fourth-order valence-corrected chi connectivity index (χ4v) is 5.07. The standard InChI is InChI=1S/C19H26N2O3/c1-11-9-15(22)18-14(13(11)5-6-16(20)23)4-3-12-10-21-17(24)7-8-19(12,18)2/h9-10,13-14,18H,3-8H2,1-2H3,(H2,20,23)(H,21,24). The number of hydrogen-bond acceptors (Lipinski definition) is 3. The predicted molar refractivity (Wildman–Crippen MR) is 90.5 cm³/mol. The molecule has 0 aromatic heterocycles. The molecule has 0 bridgehead atoms. The lowest BCUT2D eigenvalue weighted by Crippen LogP contribution is -2.48. The highest BCUT2D eigenvalue weighted by atomic mass is 16.2. The van der Waals surface area contributed by atoms with Gasteiger partial charge >= 0.3 is 0 Å². The van der Waals surface area contributed by atoms with E-state index >= 15 is 0 Å². The average Bonchev–Trinajstić information content (AvgIpc) is 2.65. The molecular weight excluding hydrogens is 304 g/mol. The van der Waals surface area contributed by atoms with E-state index in [4.69, 9.17) is 5.73 Å². The fourth-order valence-electron chi connectivity index (χ4n) is 5.07. The smallest absolute Gasteiger partial charge is 0.223 e. The van der Waals surface area contributed by atoms with Crippen LogP contribution in [0.3, 0.4) is 0 Å². The van der Waals surface area contributed by atoms with Crippen molar-refractivity contribution in [2.75, 3.05) is 0 Å². The summed E-state index contributed by atoms with van der Waals surface area (Å²) in [7, 11) is 0. The van der Waals surface area contributed by atoms with E-state index in [1.807, 2.05) is 13.1 Å². The molecule has 1 heterocycles. The Labute approximate surface area is 142 Å². The summed E-state index contributed by atoms with van der Waals surface area (Å²) in [5.41, 5.74) is 7.32. The zero-order valence-electron chi connectivity index (χ0n) is 14.4. The van der Waals surface area contributed by atoms with Gasteiger partial charge in [0.1, 0.15) is 0 Å². The number of rotatable bonds is 3. The van der Waals surface area contributed by atoms with E-state index in [1.165, 1.54) is 5.57 Å². The van der Waals surface area contributed by atoms with Crippen molar-refractivity contribution in [1.29, 1.82) is 0 Å². The molecule has 0 spiro atoms. The molecule has 130 valence electrons. The van der Waals surface area contributed by atoms with Crippen molar-refractivity contribution in [3.8, 4) is 0 Å². The summed E-state index contributed by atoms with van der Waals surface area (Å²) in [6.07, 6.45) is 7.62. The molecule has 1 aliphatic heterocycles. The quantitative estimate of drug-likeness (QED) is 0.831. The second kappa shape index (κ2) is 6.19. The third kappa shape index (κ3) is 2.80. The highest BCUT2D eigenvalue weighted by Gasteiger charge is 2.52. The van der Waals surface area contributed by atoms with Crippen molar-refractivity contribution < 1.29 is 14.4 Å². The van der Waals surface area contributed by atoms with Gasteiger partial charge in [0.15, 0.2) is 5.78 Å². The zero-order chi connectivity index (χ0) is 17.5. The highest BCUT2D eigenvalue weighted by Crippen LogP contribution is 2.56. The van der Waals surface area contributed by atoms with E-state index in [0.717, 1.165) is 18.4 Å². The number of allylic oxidation sites excluding steroid dienone is 3. The normalized spacial score (nSPS) is 35.8. The molecule has 2 aliphatic carbocycles. The molecule has 3 N–H and O–H groups in total. The lowest BCUT2D eigenvalue weighted by atomic mass is 9.52. The average molecular weight is 330 g/mol. The fraction of sp³-hybridized carbons (Fsp3) is 0.632. The highest BCUT2D eigenvalue weighted by molar-refractivity contribution is 5.95. The first-order chi connectivity index (χ1) is 11.3. The SMILES string of the molecule is CC1=CC(=O)C2C(CCC3=CNC(=O)CCC32C)C1CCC(N)=O. The van der Waals surface area contributed by atoms with Crippen molar-refractivity contribution in [3.63, 3.8) is 0 Å². The molecule has 4 unspecified atom stereocenters. The molecular formula is C19H26N2O3. The zero-order valence-corrected chi connectivity index (χ0v) is 14.4. The van der Waals surface area contributed by atoms with Gasteiger partial charge in [0, 0.05) is 30.4 Å². The van der Waals surface area contributed by atoms with Gasteiger partial charge in [-0.15, -0.1) is 0 Å². The molecule has 3 rings (SSSR count). The van der Waals surface area contributed by atoms with Gasteiger partial charge in [-0.1, -0.05) is 12.5 Å². The van der Waals surface area contributed by atoms with Gasteiger partial charge in [-0.25, -0.2) is 0 Å². The number of nitrogens with one attached hydrogen (secondary N) is 1. The third-order valence-electron chi connectivity index (χ3n) is 6.35. The molecule has 2 amide bonds. The number of carbonyl (C=O) groups is 3. The topological polar surface area (TPSA) is 89.3 Å². The van der Waals surface area contributed by atoms with Crippen LogP contribution >= 0.6 is 0 Å². The Hall–Kier alpha value is -1.91. The Morgan fingerprint density at radius 3 is 2.83 bits per heavy atom. The minimum atomic E-state index is -0.289. The van der Waals surface area contributed by atoms with Gasteiger partial charge in [0.25, 0.3) is 0 Å². The second-order valence-electron chi connectivity index (χ2n) is 7.74. The van der Waals surface area contributed by atoms with Gasteiger partial charge < -0.3 is 11.1 Å². The Kier molecular flexibility index (Phi) is 4.37. The first-order valence-electron chi connectivity index (χ1n) is 8.82. The second-order valence-corrected chi connectivity index (χ2v) is 7.74. The van der Waals surface area contributed by atoms with E-state index in [1.54, 1.807) is 6.08 Å². The van der Waals surface area contributed by atoms with E-state index in [0.29, 0.717) is 25.7 Å². The van der Waals surface area contributed by atoms with Crippen LogP contribution in [0, 0.1) is 23.2 Å². The minimum Gasteiger partial charge on any atom is -0.370 e. The summed E-state index contributed by atoms with van der Waals surface area (Å²) in [6.45, 7) is 4.12. The Balaban J connectivity index is 1.95. The summed E-state index contributed by atoms with van der Waals surface area (Å²) in [6, 6.07) is 0. The van der Waals surface area contributed by atoms with Crippen LogP contribution in [-0.4, -0.2) is 17.6 Å². The third-order valence-corrected chi connectivity index (χ3v) is 6.35. The molecule has 0 aromatic rings. The largest absolute Gasteiger partial charge is 0.370 e. The lowest BCUT2D eigenvalue weighted by molar-refractivity contribution is -0.128. The van der Waals surface area contributed by atoms with E-state index in [2.05, 4.69) is 12.2 Å². The van der Waals surface area contributed by atoms with Gasteiger partial charge in [-0.2, -0.15) is 0 Å². The van der Waals surface area contributed by atoms with E-state index in [9.17, 15) is 14.4 Å². The van der Waals surface area contributed by atoms with Gasteiger partial charge in [0.2, 0.25) is 11.8 Å². The van der Waals surface area contributed by atoms with Crippen LogP contribution in [0.25, 0.3) is 0 Å². The molecule has 0 radical (unpaired) electrons. The van der Waals surface area contributed by atoms with Crippen LogP contribution in [0.2, 0.25) is 0 Å². The predicted octanol–water partition coefficient (Wildman–Crippen LogP) is 2.22. The summed E-state index contributed by atoms with van der Waals surface area (Å²) < 4.78 is 0. The van der Waals surface area contributed by atoms with E-state index < -0.39 is 0 Å². The van der Waals surface area contributed by atoms with Gasteiger partial charge in [-0.05, 0) is 56.1 Å². The van der Waals surface area contributed by atoms with Crippen LogP contribution in [0.4, 0.5) is 0 Å². The number of amides is 2. The van der Waals surface area contributed by atoms with Crippen LogP contribution in [0.5, 0.6) is 0 Å². The molecule has 5 nitrogen and oxygen atoms in total. The van der Waals surface area contributed by atoms with Crippen LogP contribution in [0.15, 0.2) is 23.4 Å². The van der Waals surface area contributed by atoms with Crippen molar-refractivity contribution in [2.24, 2.45) is 28.9 Å². The number of fused-ring (bicyclic) bond motifs is 3. The Morgan fingerprint density at radius 2 is 2.12 bits per heavy atom. The molecule has 24 heavy (non-hydrogen) atoms. The first kappa shape index (κ1) is 16.9. The molecule has 0 saturated heterocycles. The first-order valence-corrected chi connectivity index (χ1v) is 8.82. The Bertz CT molecular complexity index is 649. The number of hydrogen-bond donors (Lipinski definition) is 2. The monoisotopic (exact) mass is 330 g/mol. The van der Waals surface area contributed by atoms with Crippen molar-refractivity contribution in [1.82, 2.24) is 5.32 Å². The molecule has 1 fully saturated rings. The van der Waals surface area contributed by atoms with Crippen LogP contribution in [0.1, 0.15) is 52.4 Å². The van der Waals surface area contributed by atoms with Gasteiger partial charge in [0.05, 0.1) is 0 Å². The number of primary amides is 1. The molecule has 0 aromatic carbocycles. The van der Waals surface area contributed by atoms with Crippen molar-refractivity contribution >= 4 is 17.6 Å². The van der Waals surface area contributed by atoms with E-state index in [-0.39, 0.29) is 40.8 Å². The molecule has 5 heteroatoms. The lowest BCUT2D eigenvalue weighted by Gasteiger charge is -2.51. The van der Waals surface area contributed by atoms with Crippen molar-refractivity contribution in [3.05, 3.63) is 23.4 Å². The van der Waals surface area contributed by atoms with Crippen LogP contribution < -0.4 is 11.1 Å². The summed E-state index contributed by atoms with van der Waals surface area (Å²) in [4.78, 5) is 35.9. The number of nitrogens with two attached hydrogens (primary N) is 1. The maximum atomic E-state index is 12.9. The van der Waals surface area contributed by atoms with Crippen LogP contribution in [-0.2, 0) is 14.4 Å². The molecule has 4 atom stereocenters. The number of carbonyl (C=O) groups excluding carboxylic acids is 3. The maximum Gasteiger partial charge on any atom is 0.223 e. The summed E-state index contributed by atoms with van der Waals surface area (Å²) in [5, 5.41) is 2.85. The Morgan fingerprint density at radius 1 is 1.38 bits per heavy atom. The minimum absolute atomic E-state index is 0.0231. The summed E-state index contributed by atoms with van der Waals surface area (Å²) >= 11 is 0. The summed E-state index contributed by atoms with van der Waals surface area (Å²) in [5.74, 6) is 0.266. The van der Waals surface area contributed by atoms with Crippen molar-refractivity contribution in [2.45, 2.75) is 52.4 Å². The molecule has 1 saturated carbocycles. The van der Waals surface area contributed by atoms with Gasteiger partial charge in [-0.3, -0.25) is 14.4 Å².